The maximum absolute atomic E-state index is 12.4. The third-order valence-corrected chi connectivity index (χ3v) is 3.93. The van der Waals surface area contributed by atoms with E-state index in [0.717, 1.165) is 12.1 Å². The van der Waals surface area contributed by atoms with Gasteiger partial charge >= 0.3 is 21.7 Å². The zero-order chi connectivity index (χ0) is 19.5. The second-order valence-corrected chi connectivity index (χ2v) is 6.38. The molecule has 0 fully saturated rings. The monoisotopic (exact) mass is 390 g/mol. The van der Waals surface area contributed by atoms with Crippen LogP contribution in [-0.4, -0.2) is 32.6 Å². The summed E-state index contributed by atoms with van der Waals surface area (Å²) in [7, 11) is -5.75. The molecule has 0 aliphatic heterocycles. The van der Waals surface area contributed by atoms with Gasteiger partial charge in [0.15, 0.2) is 0 Å². The predicted molar refractivity (Wildman–Crippen MR) is 77.2 cm³/mol. The lowest BCUT2D eigenvalue weighted by Crippen LogP contribution is -2.32. The van der Waals surface area contributed by atoms with Crippen molar-refractivity contribution in [2.75, 3.05) is 11.3 Å². The molecule has 0 unspecified atom stereocenters. The molecule has 0 radical (unpaired) electrons. The van der Waals surface area contributed by atoms with Gasteiger partial charge in [-0.3, -0.25) is 9.52 Å². The van der Waals surface area contributed by atoms with Crippen LogP contribution >= 0.6 is 0 Å². The molecule has 0 spiro atoms. The van der Waals surface area contributed by atoms with Crippen molar-refractivity contribution in [2.45, 2.75) is 18.1 Å². The van der Waals surface area contributed by atoms with Crippen molar-refractivity contribution in [1.29, 1.82) is 0 Å². The maximum atomic E-state index is 12.4. The van der Waals surface area contributed by atoms with Crippen LogP contribution in [0.3, 0.4) is 0 Å². The first kappa shape index (κ1) is 20.8. The van der Waals surface area contributed by atoms with Crippen LogP contribution in [-0.2, 0) is 10.0 Å². The third kappa shape index (κ3) is 5.66. The highest BCUT2D eigenvalue weighted by Gasteiger charge is 2.46. The van der Waals surface area contributed by atoms with Gasteiger partial charge < -0.3 is 5.32 Å². The quantitative estimate of drug-likeness (QED) is 0.579. The van der Waals surface area contributed by atoms with Gasteiger partial charge in [-0.1, -0.05) is 18.7 Å². The molecule has 0 bridgehead atoms. The average molecular weight is 390 g/mol. The highest BCUT2D eigenvalue weighted by Crippen LogP contribution is 2.27. The Morgan fingerprint density at radius 2 is 1.64 bits per heavy atom. The minimum Gasteiger partial charge on any atom is -0.352 e. The number of anilines is 1. The van der Waals surface area contributed by atoms with Gasteiger partial charge in [0, 0.05) is 12.1 Å². The number of amides is 1. The van der Waals surface area contributed by atoms with Crippen molar-refractivity contribution < 1.29 is 39.6 Å². The van der Waals surface area contributed by atoms with Crippen molar-refractivity contribution >= 4 is 21.6 Å². The summed E-state index contributed by atoms with van der Waals surface area (Å²) >= 11 is 0. The van der Waals surface area contributed by atoms with E-state index in [1.54, 1.807) is 0 Å². The number of nitrogens with one attached hydrogen (secondary N) is 2. The number of hydrogen-bond donors (Lipinski definition) is 2. The lowest BCUT2D eigenvalue weighted by atomic mass is 10.1. The number of hydrogen-bond acceptors (Lipinski definition) is 3. The zero-order valence-electron chi connectivity index (χ0n) is 12.3. The molecular formula is C13H12F6N2O3S. The van der Waals surface area contributed by atoms with E-state index in [2.05, 4.69) is 11.9 Å². The molecular weight excluding hydrogens is 378 g/mol. The van der Waals surface area contributed by atoms with Crippen LogP contribution in [0.1, 0.15) is 16.8 Å². The van der Waals surface area contributed by atoms with E-state index in [4.69, 9.17) is 0 Å². The van der Waals surface area contributed by atoms with Crippen LogP contribution in [0.4, 0.5) is 32.0 Å². The summed E-state index contributed by atoms with van der Waals surface area (Å²) in [6.45, 7) is 2.31. The lowest BCUT2D eigenvalue weighted by Gasteiger charge is -2.14. The molecule has 1 amide bonds. The Morgan fingerprint density at radius 3 is 2.16 bits per heavy atom. The molecule has 1 rings (SSSR count). The Morgan fingerprint density at radius 1 is 1.08 bits per heavy atom. The van der Waals surface area contributed by atoms with E-state index in [9.17, 15) is 39.6 Å². The molecule has 1 aromatic carbocycles. The molecule has 0 aliphatic rings. The predicted octanol–water partition coefficient (Wildman–Crippen LogP) is 3.19. The first-order valence-corrected chi connectivity index (χ1v) is 7.95. The third-order valence-electron chi connectivity index (χ3n) is 2.83. The van der Waals surface area contributed by atoms with Crippen molar-refractivity contribution in [2.24, 2.45) is 0 Å². The standard InChI is InChI=1S/C13H12F6N2O3S/c1-8(12(14,15)16)6-7-20-11(22)9-4-2-3-5-10(9)21-25(23,24)13(17,18)19/h2-5,21H,1,6-7H2,(H,20,22). The number of alkyl halides is 6. The van der Waals surface area contributed by atoms with E-state index in [0.29, 0.717) is 0 Å². The van der Waals surface area contributed by atoms with Crippen LogP contribution < -0.4 is 10.0 Å². The Labute approximate surface area is 138 Å². The van der Waals surface area contributed by atoms with Gasteiger partial charge in [0.05, 0.1) is 11.3 Å². The smallest absolute Gasteiger partial charge is 0.352 e. The fourth-order valence-electron chi connectivity index (χ4n) is 1.54. The normalized spacial score (nSPS) is 12.6. The largest absolute Gasteiger partial charge is 0.516 e. The zero-order valence-corrected chi connectivity index (χ0v) is 13.1. The van der Waals surface area contributed by atoms with E-state index in [1.807, 2.05) is 0 Å². The van der Waals surface area contributed by atoms with Crippen molar-refractivity contribution in [3.8, 4) is 0 Å². The molecule has 0 heterocycles. The topological polar surface area (TPSA) is 75.3 Å². The molecule has 5 nitrogen and oxygen atoms in total. The Balaban J connectivity index is 2.86. The van der Waals surface area contributed by atoms with Crippen LogP contribution in [0, 0.1) is 0 Å². The summed E-state index contributed by atoms with van der Waals surface area (Å²) in [6, 6.07) is 4.35. The van der Waals surface area contributed by atoms with Crippen LogP contribution in [0.15, 0.2) is 36.4 Å². The summed E-state index contributed by atoms with van der Waals surface area (Å²) in [4.78, 5) is 11.9. The van der Waals surface area contributed by atoms with Crippen molar-refractivity contribution in [1.82, 2.24) is 5.32 Å². The van der Waals surface area contributed by atoms with Crippen LogP contribution in [0.5, 0.6) is 0 Å². The summed E-state index contributed by atoms with van der Waals surface area (Å²) in [5.41, 5.74) is -7.83. The Hall–Kier alpha value is -2.24. The number of carbonyl (C=O) groups is 1. The molecule has 1 aromatic rings. The molecule has 0 aliphatic carbocycles. The number of halogens is 6. The van der Waals surface area contributed by atoms with E-state index in [-0.39, 0.29) is 0 Å². The fourth-order valence-corrected chi connectivity index (χ4v) is 2.12. The highest BCUT2D eigenvalue weighted by molar-refractivity contribution is 7.93. The molecule has 0 saturated heterocycles. The Bertz CT molecular complexity index is 756. The molecule has 0 aromatic heterocycles. The van der Waals surface area contributed by atoms with E-state index in [1.165, 1.54) is 16.9 Å². The van der Waals surface area contributed by atoms with E-state index >= 15 is 0 Å². The van der Waals surface area contributed by atoms with E-state index < -0.39 is 57.4 Å². The van der Waals surface area contributed by atoms with Crippen molar-refractivity contribution in [3.05, 3.63) is 42.0 Å². The average Bonchev–Trinajstić information content (AvgIpc) is 2.44. The number of carbonyl (C=O) groups excluding carboxylic acids is 1. The van der Waals surface area contributed by atoms with Gasteiger partial charge in [0.1, 0.15) is 0 Å². The second kappa shape index (κ2) is 7.33. The van der Waals surface area contributed by atoms with Gasteiger partial charge in [-0.05, 0) is 18.6 Å². The van der Waals surface area contributed by atoms with Crippen LogP contribution in [0.25, 0.3) is 0 Å². The fraction of sp³-hybridized carbons (Fsp3) is 0.308. The lowest BCUT2D eigenvalue weighted by molar-refractivity contribution is -0.0934. The molecule has 25 heavy (non-hydrogen) atoms. The molecule has 12 heteroatoms. The van der Waals surface area contributed by atoms with Crippen molar-refractivity contribution in [3.63, 3.8) is 0 Å². The van der Waals surface area contributed by atoms with Gasteiger partial charge in [0.25, 0.3) is 5.91 Å². The number of sulfonamides is 1. The SMILES string of the molecule is C=C(CCNC(=O)c1ccccc1NS(=O)(=O)C(F)(F)F)C(F)(F)F. The maximum Gasteiger partial charge on any atom is 0.516 e. The molecule has 2 N–H and O–H groups in total. The number of rotatable bonds is 6. The Kier molecular flexibility index (Phi) is 6.10. The first-order valence-electron chi connectivity index (χ1n) is 6.47. The summed E-state index contributed by atoms with van der Waals surface area (Å²) in [5.74, 6) is -1.05. The van der Waals surface area contributed by atoms with Gasteiger partial charge in [0.2, 0.25) is 0 Å². The van der Waals surface area contributed by atoms with Gasteiger partial charge in [-0.15, -0.1) is 0 Å². The molecule has 140 valence electrons. The molecule has 0 saturated carbocycles. The summed E-state index contributed by atoms with van der Waals surface area (Å²) in [5, 5.41) is 2.05. The van der Waals surface area contributed by atoms with Gasteiger partial charge in [-0.2, -0.15) is 34.8 Å². The second-order valence-electron chi connectivity index (χ2n) is 4.70. The minimum absolute atomic E-state index is 0.479. The number of para-hydroxylation sites is 1. The molecule has 0 atom stereocenters. The first-order chi connectivity index (χ1) is 11.3. The summed E-state index contributed by atoms with van der Waals surface area (Å²) < 4.78 is 97.4. The minimum atomic E-state index is -5.75. The highest BCUT2D eigenvalue weighted by atomic mass is 32.2. The van der Waals surface area contributed by atoms with Gasteiger partial charge in [-0.25, -0.2) is 0 Å². The van der Waals surface area contributed by atoms with Crippen LogP contribution in [0.2, 0.25) is 0 Å². The summed E-state index contributed by atoms with van der Waals surface area (Å²) in [6.07, 6.45) is -5.27. The number of benzene rings is 1.